The molecule has 1 amide bonds. The van der Waals surface area contributed by atoms with Crippen LogP contribution in [0.3, 0.4) is 0 Å². The van der Waals surface area contributed by atoms with Crippen molar-refractivity contribution in [1.29, 1.82) is 5.26 Å². The normalized spacial score (nSPS) is 26.5. The Hall–Kier alpha value is -12.5. The third-order valence-electron chi connectivity index (χ3n) is 28.2. The first kappa shape index (κ1) is 95.3. The van der Waals surface area contributed by atoms with Gasteiger partial charge in [-0.3, -0.25) is 43.1 Å². The molecule has 3 aliphatic carbocycles. The summed E-state index contributed by atoms with van der Waals surface area (Å²) >= 11 is 0.623. The molecule has 10 aliphatic rings. The van der Waals surface area contributed by atoms with E-state index in [0.29, 0.717) is 107 Å². The van der Waals surface area contributed by atoms with Gasteiger partial charge in [-0.25, -0.2) is 24.5 Å². The Kier molecular flexibility index (Phi) is 27.0. The number of hydrogen-bond donors (Lipinski definition) is 17. The number of nitriles is 1. The molecule has 11 aromatic rings. The number of cyclic esters (lactones) is 1. The number of H-pyrrole nitrogens is 3. The van der Waals surface area contributed by atoms with Crippen molar-refractivity contribution in [2.24, 2.45) is 11.7 Å². The van der Waals surface area contributed by atoms with Gasteiger partial charge in [0.05, 0.1) is 120 Å². The number of carbonyl (C=O) groups is 5. The molecule has 0 radical (unpaired) electrons. The van der Waals surface area contributed by atoms with Gasteiger partial charge in [0.15, 0.2) is 34.8 Å². The minimum atomic E-state index is -1.92. The highest BCUT2D eigenvalue weighted by atomic mass is 32.1. The third kappa shape index (κ3) is 17.4. The number of aromatic hydroxyl groups is 2. The number of nitrogen functional groups attached to an aromatic ring is 1. The fourth-order valence-corrected chi connectivity index (χ4v) is 21.5. The van der Waals surface area contributed by atoms with Crippen molar-refractivity contribution in [3.63, 3.8) is 0 Å². The van der Waals surface area contributed by atoms with Crippen molar-refractivity contribution in [3.8, 4) is 34.7 Å². The van der Waals surface area contributed by atoms with Crippen LogP contribution in [-0.2, 0) is 61.8 Å². The van der Waals surface area contributed by atoms with E-state index in [4.69, 9.17) is 50.9 Å². The molecule has 7 aromatic heterocycles. The summed E-state index contributed by atoms with van der Waals surface area (Å²) in [6, 6.07) is 22.6. The molecule has 4 saturated heterocycles. The molecule has 4 aromatic carbocycles. The number of ketones is 3. The van der Waals surface area contributed by atoms with Gasteiger partial charge in [-0.15, -0.1) is 0 Å². The molecule has 136 heavy (non-hydrogen) atoms. The van der Waals surface area contributed by atoms with Gasteiger partial charge >= 0.3 is 16.9 Å². The van der Waals surface area contributed by atoms with E-state index in [1.54, 1.807) is 42.0 Å². The molecule has 7 aliphatic heterocycles. The summed E-state index contributed by atoms with van der Waals surface area (Å²) in [5.74, 6) is -3.49. The van der Waals surface area contributed by atoms with Crippen LogP contribution in [0.1, 0.15) is 210 Å². The van der Waals surface area contributed by atoms with E-state index in [-0.39, 0.29) is 105 Å². The zero-order chi connectivity index (χ0) is 96.5. The lowest BCUT2D eigenvalue weighted by Gasteiger charge is -2.42. The number of phenols is 2. The standard InChI is InChI=1S/C33H38N4O6.C27H29NO8.C14H13N3.C11H14N4O4.C10H12N4O6S/c1-3-22-23-16-21(43-32(40)36-14-10-20(11-15-36)35-12-6-5-7-13-35)8-9-27(23)34-29-24(22)18-37-28(29)17-26-25(30(37)38)19-42-31(39)33(26,41)4-2;1-11-7-13(8-17(28)22(11)30)36-18-10-27(35,12(2)29)9-16-19(18)26(34)21-20(25(16)33)23(31)14-5-3-4-6-15(14)24(21)32;15-8-11-4-6-12(7-5-11)14-3-1-2-13-9-16-10-17(13)14;16-2-5-9(17)10(18)7(15-5)4-1-12-8-6(4)13-3-14-11(8)19;11-9-12-6-5(7(18)13-9)21-10(19)14(6)8-4(17)3(16)2(1-15)20-8/h8-9,16-17,20,41H,3-7,10-15,18-19H2,1-2H3;3-6,11,13,17-18,22,30,33-35H,7-10,28H2,1-2H3;4-7,9-10,14H,1-3H2;1,3,5,7,9-10,12,15-18H,2H2,(H,13,14,19);2-4,8,15-17H,1H2,(H3,11,12,13,18)/t33-;11-,13-,17+,18+,22-,27+;;5-,7+,9-,10+;2-,3-,4-,8-/m01.11/s1. The zero-order valence-electron chi connectivity index (χ0n) is 74.7. The molecular weight excluding hydrogens is 1780 g/mol. The largest absolute Gasteiger partial charge is 0.507 e. The molecule has 19 N–H and O–H groups in total. The van der Waals surface area contributed by atoms with Crippen LogP contribution in [0.25, 0.3) is 43.7 Å². The Bertz CT molecular complexity index is 6790. The smallest absolute Gasteiger partial charge is 0.415 e. The van der Waals surface area contributed by atoms with Crippen LogP contribution in [0.4, 0.5) is 10.7 Å². The number of thiazole rings is 1. The number of carbonyl (C=O) groups excluding carboxylic acids is 5. The number of likely N-dealkylation sites (tertiary alicyclic amines) is 2. The Morgan fingerprint density at radius 3 is 2.18 bits per heavy atom. The fraction of sp³-hybridized carbons (Fsp3) is 0.453. The predicted molar refractivity (Wildman–Crippen MR) is 489 cm³/mol. The number of aliphatic hydroxyl groups is 9. The number of piperidine rings is 2. The molecular formula is C95H106N16O24S. The van der Waals surface area contributed by atoms with Crippen LogP contribution in [0.2, 0.25) is 0 Å². The number of aliphatic hydroxyl groups excluding tert-OH is 7. The number of Topliss-reactive ketones (excluding diaryl/α,β-unsaturated/α-hetero) is 1. The molecule has 1 saturated carbocycles. The molecule has 5 fully saturated rings. The summed E-state index contributed by atoms with van der Waals surface area (Å²) in [5, 5.41) is 126. The molecule has 21 rings (SSSR count). The Balaban J connectivity index is 0.000000124. The van der Waals surface area contributed by atoms with E-state index in [2.05, 4.69) is 69.8 Å². The minimum Gasteiger partial charge on any atom is -0.507 e. The van der Waals surface area contributed by atoms with Gasteiger partial charge in [0, 0.05) is 100 Å². The van der Waals surface area contributed by atoms with E-state index in [1.165, 1.54) is 75.4 Å². The zero-order valence-corrected chi connectivity index (χ0v) is 75.5. The number of aromatic nitrogens is 10. The average Bonchev–Trinajstić information content (AvgIpc) is 1.70. The molecule has 40 nitrogen and oxygen atoms in total. The van der Waals surface area contributed by atoms with Crippen LogP contribution in [-0.4, -0.2) is 250 Å². The second kappa shape index (κ2) is 38.6. The van der Waals surface area contributed by atoms with Gasteiger partial charge in [-0.2, -0.15) is 10.2 Å². The van der Waals surface area contributed by atoms with Crippen LogP contribution < -0.4 is 43.1 Å². The summed E-state index contributed by atoms with van der Waals surface area (Å²) < 4.78 is 27.5. The first-order valence-corrected chi connectivity index (χ1v) is 46.3. The number of aryl methyl sites for hydroxylation is 2. The van der Waals surface area contributed by atoms with Crippen LogP contribution in [0.5, 0.6) is 17.2 Å². The number of aromatic amines is 3. The Morgan fingerprint density at radius 2 is 1.51 bits per heavy atom. The van der Waals surface area contributed by atoms with Gasteiger partial charge in [0.1, 0.15) is 69.6 Å². The number of nitrogens with zero attached hydrogens (tertiary/aromatic N) is 10. The Morgan fingerprint density at radius 1 is 0.794 bits per heavy atom. The lowest BCUT2D eigenvalue weighted by atomic mass is 9.72. The minimum absolute atomic E-state index is 0.00563. The molecule has 41 heteroatoms. The number of benzene rings is 4. The molecule has 14 heterocycles. The second-order valence-electron chi connectivity index (χ2n) is 36.2. The number of amides is 1. The maximum atomic E-state index is 13.6. The monoisotopic (exact) mass is 1890 g/mol. The van der Waals surface area contributed by atoms with Crippen molar-refractivity contribution in [1.82, 2.24) is 63.7 Å². The fourth-order valence-electron chi connectivity index (χ4n) is 20.7. The number of nitrogens with one attached hydrogen (secondary N) is 4. The van der Waals surface area contributed by atoms with Crippen LogP contribution in [0, 0.1) is 17.2 Å². The maximum Gasteiger partial charge on any atom is 0.415 e. The average molecular weight is 1890 g/mol. The van der Waals surface area contributed by atoms with Gasteiger partial charge in [-0.05, 0) is 144 Å². The topological polar surface area (TPSA) is 621 Å². The molecule has 716 valence electrons. The molecule has 0 spiro atoms. The number of hydrogen-bond acceptors (Lipinski definition) is 34. The van der Waals surface area contributed by atoms with E-state index < -0.39 is 136 Å². The quantitative estimate of drug-likeness (QED) is 0.0611. The summed E-state index contributed by atoms with van der Waals surface area (Å²) in [6.07, 6.45) is 7.14. The summed E-state index contributed by atoms with van der Waals surface area (Å²) in [5.41, 5.74) is 15.3. The predicted octanol–water partition coefficient (Wildman–Crippen LogP) is 3.77. The van der Waals surface area contributed by atoms with Gasteiger partial charge < -0.3 is 121 Å². The first-order valence-electron chi connectivity index (χ1n) is 45.5. The second-order valence-corrected chi connectivity index (χ2v) is 37.2. The highest BCUT2D eigenvalue weighted by Gasteiger charge is 2.52. The molecule has 0 bridgehead atoms. The van der Waals surface area contributed by atoms with Crippen molar-refractivity contribution in [2.45, 2.75) is 227 Å². The van der Waals surface area contributed by atoms with Crippen molar-refractivity contribution >= 4 is 79.0 Å². The number of rotatable bonds is 12. The number of anilines is 1. The molecule has 1 unspecified atom stereocenters. The van der Waals surface area contributed by atoms with Crippen molar-refractivity contribution in [2.75, 3.05) is 45.1 Å². The third-order valence-corrected chi connectivity index (χ3v) is 29.1. The highest BCUT2D eigenvalue weighted by Crippen LogP contribution is 2.53. The van der Waals surface area contributed by atoms with Crippen molar-refractivity contribution in [3.05, 3.63) is 217 Å². The van der Waals surface area contributed by atoms with Crippen molar-refractivity contribution < 1.29 is 99.1 Å². The number of pyridine rings is 2. The number of esters is 1. The maximum absolute atomic E-state index is 13.6. The number of fused-ring (bicyclic) bond motifs is 11. The number of ether oxygens (including phenoxy) is 4. The SMILES string of the molecule is CC(=O)[C@]1(O)Cc2c(O)c3c(c(O)c2[C@@H](O[C@@H]2C[C@@H](C)[C@@H](O)[C@@H](N)C2)C1)C(=O)c1ccccc1C3=O.CCc1c2c(nc3ccc(OC(=O)N4CCC(N5CCCCC5)CC4)cc13)-c1cc3c(c(=O)n1C2)COC(=O)[C@]3(O)CC.N#Cc1ccc(C2CCCc3cncn32)cc1.Nc1nc2c(sc(=O)n2[C@@H]2O[C@H](CO)[C@@H](O)[C@H]2O)c(=O)[nH]1.O=c1[nH]cnc2c([C@@H]3N[C@H](CO)[C@@H](O)[C@H]3O)c[nH]c12. The Labute approximate surface area is 778 Å². The number of imidazole rings is 1. The number of nitrogens with two attached hydrogens (primary N) is 2. The van der Waals surface area contributed by atoms with Gasteiger partial charge in [0.25, 0.3) is 16.7 Å². The van der Waals surface area contributed by atoms with E-state index >= 15 is 0 Å². The highest BCUT2D eigenvalue weighted by molar-refractivity contribution is 7.16. The van der Waals surface area contributed by atoms with E-state index in [1.807, 2.05) is 48.6 Å². The van der Waals surface area contributed by atoms with Gasteiger partial charge in [-0.1, -0.05) is 74.9 Å². The lowest BCUT2D eigenvalue weighted by Crippen LogP contribution is -2.49. The number of phenolic OH excluding ortho intramolecular Hbond substituents is 2. The summed E-state index contributed by atoms with van der Waals surface area (Å²) in [4.78, 5) is 142. The lowest BCUT2D eigenvalue weighted by molar-refractivity contribution is -0.172. The van der Waals surface area contributed by atoms with E-state index in [0.717, 1.165) is 57.8 Å². The first-order chi connectivity index (χ1) is 65.2. The van der Waals surface area contributed by atoms with Gasteiger partial charge in [0.2, 0.25) is 5.95 Å². The van der Waals surface area contributed by atoms with E-state index in [9.17, 15) is 89.1 Å². The van der Waals surface area contributed by atoms with Crippen LogP contribution >= 0.6 is 11.3 Å². The summed E-state index contributed by atoms with van der Waals surface area (Å²) in [6.45, 7) is 9.89. The molecule has 16 atom stereocenters. The summed E-state index contributed by atoms with van der Waals surface area (Å²) in [7, 11) is 0. The van der Waals surface area contributed by atoms with Crippen LogP contribution in [0.15, 0.2) is 117 Å².